The second-order valence-electron chi connectivity index (χ2n) is 5.45. The van der Waals surface area contributed by atoms with Crippen molar-refractivity contribution >= 4 is 50.0 Å². The highest BCUT2D eigenvalue weighted by atomic mass is 32.1. The van der Waals surface area contributed by atoms with Crippen LogP contribution in [0.4, 0.5) is 10.8 Å². The zero-order valence-electron chi connectivity index (χ0n) is 13.4. The van der Waals surface area contributed by atoms with Crippen molar-refractivity contribution in [2.45, 2.75) is 13.3 Å². The van der Waals surface area contributed by atoms with Gasteiger partial charge >= 0.3 is 0 Å². The van der Waals surface area contributed by atoms with E-state index < -0.39 is 0 Å². The molecule has 0 atom stereocenters. The number of nitrogens with zero attached hydrogens (tertiary/aromatic N) is 1. The molecule has 0 aliphatic carbocycles. The Morgan fingerprint density at radius 2 is 1.80 bits per heavy atom. The second kappa shape index (κ2) is 7.23. The first-order valence-corrected chi connectivity index (χ1v) is 8.39. The van der Waals surface area contributed by atoms with E-state index in [0.717, 1.165) is 4.70 Å². The van der Waals surface area contributed by atoms with Crippen molar-refractivity contribution in [2.24, 2.45) is 0 Å². The van der Waals surface area contributed by atoms with E-state index >= 15 is 0 Å². The molecule has 0 aliphatic heterocycles. The zero-order chi connectivity index (χ0) is 17.8. The molecule has 0 fully saturated rings. The predicted octanol–water partition coefficient (Wildman–Crippen LogP) is 3.47. The summed E-state index contributed by atoms with van der Waals surface area (Å²) < 4.78 is 0.823. The summed E-state index contributed by atoms with van der Waals surface area (Å²) in [6.07, 6.45) is -0.172. The van der Waals surface area contributed by atoms with E-state index in [1.54, 1.807) is 42.5 Å². The monoisotopic (exact) mass is 353 g/mol. The first-order chi connectivity index (χ1) is 12.0. The Hall–Kier alpha value is -3.06. The fourth-order valence-corrected chi connectivity index (χ4v) is 3.16. The number of amides is 2. The van der Waals surface area contributed by atoms with E-state index in [1.165, 1.54) is 18.3 Å². The Labute approximate surface area is 147 Å². The van der Waals surface area contributed by atoms with Crippen molar-refractivity contribution in [1.29, 1.82) is 0 Å². The summed E-state index contributed by atoms with van der Waals surface area (Å²) in [5, 5.41) is 5.87. The van der Waals surface area contributed by atoms with Gasteiger partial charge in [-0.2, -0.15) is 0 Å². The molecule has 2 amide bonds. The molecule has 6 nitrogen and oxygen atoms in total. The highest BCUT2D eigenvalue weighted by Gasteiger charge is 2.11. The van der Waals surface area contributed by atoms with Gasteiger partial charge in [0.2, 0.25) is 5.91 Å². The van der Waals surface area contributed by atoms with E-state index in [1.807, 2.05) is 6.07 Å². The number of fused-ring (bicyclic) bond motifs is 1. The van der Waals surface area contributed by atoms with Gasteiger partial charge in [0.15, 0.2) is 5.13 Å². The second-order valence-corrected chi connectivity index (χ2v) is 6.48. The van der Waals surface area contributed by atoms with Crippen LogP contribution in [0.2, 0.25) is 0 Å². The molecule has 0 saturated heterocycles. The van der Waals surface area contributed by atoms with Gasteiger partial charge in [-0.05, 0) is 37.3 Å². The third kappa shape index (κ3) is 4.27. The van der Waals surface area contributed by atoms with E-state index in [4.69, 9.17) is 0 Å². The lowest BCUT2D eigenvalue weighted by Gasteiger charge is -2.04. The van der Waals surface area contributed by atoms with Gasteiger partial charge in [-0.25, -0.2) is 4.98 Å². The lowest BCUT2D eigenvalue weighted by Crippen LogP contribution is -2.14. The number of carbonyl (C=O) groups is 3. The number of nitrogens with one attached hydrogen (secondary N) is 2. The summed E-state index contributed by atoms with van der Waals surface area (Å²) in [6.45, 7) is 1.36. The summed E-state index contributed by atoms with van der Waals surface area (Å²) in [7, 11) is 0. The van der Waals surface area contributed by atoms with Crippen molar-refractivity contribution in [2.75, 3.05) is 10.6 Å². The first-order valence-electron chi connectivity index (χ1n) is 7.57. The third-order valence-corrected chi connectivity index (χ3v) is 4.27. The van der Waals surface area contributed by atoms with Crippen LogP contribution in [0.3, 0.4) is 0 Å². The van der Waals surface area contributed by atoms with Crippen molar-refractivity contribution in [3.63, 3.8) is 0 Å². The standard InChI is InChI=1S/C18H15N3O3S/c1-11(22)9-16(23)21-18-20-14-8-7-13(10-15(14)25-18)19-17(24)12-5-3-2-4-6-12/h2-8,10H,9H2,1H3,(H,19,24)(H,20,21,23). The van der Waals surface area contributed by atoms with E-state index in [0.29, 0.717) is 21.9 Å². The number of Topliss-reactive ketones (excluding diaryl/α,β-unsaturated/α-hetero) is 1. The third-order valence-electron chi connectivity index (χ3n) is 3.34. The minimum Gasteiger partial charge on any atom is -0.322 e. The lowest BCUT2D eigenvalue weighted by atomic mass is 10.2. The predicted molar refractivity (Wildman–Crippen MR) is 97.9 cm³/mol. The molecule has 1 heterocycles. The Bertz CT molecular complexity index is 951. The maximum atomic E-state index is 12.2. The molecule has 0 spiro atoms. The molecule has 2 aromatic carbocycles. The summed E-state index contributed by atoms with van der Waals surface area (Å²) in [4.78, 5) is 39.1. The van der Waals surface area contributed by atoms with E-state index in [-0.39, 0.29) is 24.0 Å². The van der Waals surface area contributed by atoms with Gasteiger partial charge in [-0.15, -0.1) is 0 Å². The van der Waals surface area contributed by atoms with Gasteiger partial charge in [0.1, 0.15) is 5.78 Å². The highest BCUT2D eigenvalue weighted by molar-refractivity contribution is 7.22. The van der Waals surface area contributed by atoms with Gasteiger partial charge in [0.05, 0.1) is 16.6 Å². The fourth-order valence-electron chi connectivity index (χ4n) is 2.24. The SMILES string of the molecule is CC(=O)CC(=O)Nc1nc2ccc(NC(=O)c3ccccc3)cc2s1. The summed E-state index contributed by atoms with van der Waals surface area (Å²) in [5.74, 6) is -0.784. The normalized spacial score (nSPS) is 10.4. The van der Waals surface area contributed by atoms with Crippen molar-refractivity contribution in [3.05, 3.63) is 54.1 Å². The van der Waals surface area contributed by atoms with Gasteiger partial charge in [0, 0.05) is 11.3 Å². The highest BCUT2D eigenvalue weighted by Crippen LogP contribution is 2.28. The van der Waals surface area contributed by atoms with E-state index in [9.17, 15) is 14.4 Å². The Morgan fingerprint density at radius 1 is 1.04 bits per heavy atom. The molecule has 126 valence electrons. The van der Waals surface area contributed by atoms with Crippen molar-refractivity contribution in [3.8, 4) is 0 Å². The molecule has 25 heavy (non-hydrogen) atoms. The van der Waals surface area contributed by atoms with Gasteiger partial charge in [-0.3, -0.25) is 14.4 Å². The average molecular weight is 353 g/mol. The van der Waals surface area contributed by atoms with Crippen LogP contribution in [0.1, 0.15) is 23.7 Å². The number of anilines is 2. The number of hydrogen-bond donors (Lipinski definition) is 2. The average Bonchev–Trinajstić information content (AvgIpc) is 2.96. The Balaban J connectivity index is 1.75. The molecular formula is C18H15N3O3S. The van der Waals surface area contributed by atoms with Gasteiger partial charge in [-0.1, -0.05) is 29.5 Å². The number of benzene rings is 2. The molecule has 3 aromatic rings. The molecular weight excluding hydrogens is 338 g/mol. The molecule has 0 bridgehead atoms. The number of thiazole rings is 1. The number of carbonyl (C=O) groups excluding carboxylic acids is 3. The van der Waals surface area contributed by atoms with Gasteiger partial charge in [0.25, 0.3) is 5.91 Å². The lowest BCUT2D eigenvalue weighted by molar-refractivity contribution is -0.124. The van der Waals surface area contributed by atoms with Crippen LogP contribution in [0, 0.1) is 0 Å². The summed E-state index contributed by atoms with van der Waals surface area (Å²) >= 11 is 1.28. The quantitative estimate of drug-likeness (QED) is 0.688. The molecule has 2 N–H and O–H groups in total. The van der Waals surface area contributed by atoms with Crippen molar-refractivity contribution in [1.82, 2.24) is 4.98 Å². The van der Waals surface area contributed by atoms with Crippen LogP contribution in [0.15, 0.2) is 48.5 Å². The van der Waals surface area contributed by atoms with Crippen molar-refractivity contribution < 1.29 is 14.4 Å². The molecule has 3 rings (SSSR count). The smallest absolute Gasteiger partial charge is 0.255 e. The Morgan fingerprint density at radius 3 is 2.52 bits per heavy atom. The number of hydrogen-bond acceptors (Lipinski definition) is 5. The molecule has 0 unspecified atom stereocenters. The first kappa shape index (κ1) is 16.8. The minimum atomic E-state index is -0.385. The minimum absolute atomic E-state index is 0.172. The largest absolute Gasteiger partial charge is 0.322 e. The molecule has 0 radical (unpaired) electrons. The number of ketones is 1. The maximum Gasteiger partial charge on any atom is 0.255 e. The number of rotatable bonds is 5. The molecule has 0 saturated carbocycles. The van der Waals surface area contributed by atoms with Crippen LogP contribution in [-0.4, -0.2) is 22.6 Å². The molecule has 7 heteroatoms. The molecule has 0 aliphatic rings. The van der Waals surface area contributed by atoms with Crippen LogP contribution >= 0.6 is 11.3 Å². The van der Waals surface area contributed by atoms with Gasteiger partial charge < -0.3 is 10.6 Å². The van der Waals surface area contributed by atoms with Crippen LogP contribution in [-0.2, 0) is 9.59 Å². The summed E-state index contributed by atoms with van der Waals surface area (Å²) in [5.41, 5.74) is 1.93. The van der Waals surface area contributed by atoms with Crippen LogP contribution in [0.25, 0.3) is 10.2 Å². The number of aromatic nitrogens is 1. The topological polar surface area (TPSA) is 88.2 Å². The Kier molecular flexibility index (Phi) is 4.85. The molecule has 1 aromatic heterocycles. The van der Waals surface area contributed by atoms with Crippen LogP contribution < -0.4 is 10.6 Å². The maximum absolute atomic E-state index is 12.2. The fraction of sp³-hybridized carbons (Fsp3) is 0.111. The van der Waals surface area contributed by atoms with E-state index in [2.05, 4.69) is 15.6 Å². The van der Waals surface area contributed by atoms with Crippen LogP contribution in [0.5, 0.6) is 0 Å². The summed E-state index contributed by atoms with van der Waals surface area (Å²) in [6, 6.07) is 14.3. The zero-order valence-corrected chi connectivity index (χ0v) is 14.2.